The highest BCUT2D eigenvalue weighted by Gasteiger charge is 2.29. The fourth-order valence-electron chi connectivity index (χ4n) is 3.45. The molecule has 0 aromatic heterocycles. The maximum Gasteiger partial charge on any atom is 0.170 e. The van der Waals surface area contributed by atoms with E-state index in [0.29, 0.717) is 5.56 Å². The molecule has 2 rings (SSSR count). The highest BCUT2D eigenvalue weighted by molar-refractivity contribution is 5.32. The predicted molar refractivity (Wildman–Crippen MR) is 82.9 cm³/mol. The van der Waals surface area contributed by atoms with Gasteiger partial charge in [0.15, 0.2) is 11.6 Å². The van der Waals surface area contributed by atoms with Crippen LogP contribution < -0.4 is 4.74 Å². The molecule has 0 spiro atoms. The molecule has 1 aromatic rings. The van der Waals surface area contributed by atoms with Gasteiger partial charge in [-0.2, -0.15) is 0 Å². The molecule has 1 aliphatic carbocycles. The maximum absolute atomic E-state index is 14.2. The molecular formula is C18H27FO2. The number of rotatable bonds is 6. The summed E-state index contributed by atoms with van der Waals surface area (Å²) in [6.45, 7) is 2.22. The van der Waals surface area contributed by atoms with Crippen LogP contribution in [0.1, 0.15) is 63.5 Å². The molecule has 118 valence electrons. The second kappa shape index (κ2) is 7.79. The number of ether oxygens (including phenoxy) is 1. The minimum absolute atomic E-state index is 0.171. The molecule has 0 radical (unpaired) electrons. The number of aliphatic hydroxyl groups is 1. The van der Waals surface area contributed by atoms with E-state index in [9.17, 15) is 9.50 Å². The highest BCUT2D eigenvalue weighted by atomic mass is 19.1. The van der Waals surface area contributed by atoms with Gasteiger partial charge in [0.1, 0.15) is 0 Å². The smallest absolute Gasteiger partial charge is 0.170 e. The predicted octanol–water partition coefficient (Wildman–Crippen LogP) is 4.86. The molecule has 1 aliphatic rings. The zero-order chi connectivity index (χ0) is 15.2. The number of benzene rings is 1. The summed E-state index contributed by atoms with van der Waals surface area (Å²) in [5.41, 5.74) is 0.381. The van der Waals surface area contributed by atoms with Gasteiger partial charge in [-0.25, -0.2) is 4.39 Å². The van der Waals surface area contributed by atoms with Gasteiger partial charge >= 0.3 is 0 Å². The third-order valence-electron chi connectivity index (χ3n) is 4.84. The molecule has 1 fully saturated rings. The van der Waals surface area contributed by atoms with Gasteiger partial charge < -0.3 is 9.84 Å². The minimum Gasteiger partial charge on any atom is -0.494 e. The van der Waals surface area contributed by atoms with Crippen molar-refractivity contribution in [2.24, 2.45) is 11.8 Å². The summed E-state index contributed by atoms with van der Waals surface area (Å²) in [4.78, 5) is 0. The number of hydrogen-bond acceptors (Lipinski definition) is 2. The highest BCUT2D eigenvalue weighted by Crippen LogP contribution is 2.40. The van der Waals surface area contributed by atoms with Gasteiger partial charge in [0, 0.05) is 5.56 Å². The van der Waals surface area contributed by atoms with Crippen LogP contribution in [0, 0.1) is 17.7 Å². The van der Waals surface area contributed by atoms with E-state index in [0.717, 1.165) is 31.6 Å². The van der Waals surface area contributed by atoms with Crippen LogP contribution in [0.4, 0.5) is 4.39 Å². The van der Waals surface area contributed by atoms with Crippen LogP contribution in [0.2, 0.25) is 0 Å². The second-order valence-electron chi connectivity index (χ2n) is 6.23. The van der Waals surface area contributed by atoms with Gasteiger partial charge in [0.2, 0.25) is 0 Å². The fourth-order valence-corrected chi connectivity index (χ4v) is 3.45. The lowest BCUT2D eigenvalue weighted by atomic mass is 9.76. The average molecular weight is 294 g/mol. The van der Waals surface area contributed by atoms with Crippen molar-refractivity contribution in [3.63, 3.8) is 0 Å². The van der Waals surface area contributed by atoms with Crippen LogP contribution in [0.5, 0.6) is 5.75 Å². The summed E-state index contributed by atoms with van der Waals surface area (Å²) in [6.07, 6.45) is 7.43. The van der Waals surface area contributed by atoms with E-state index in [-0.39, 0.29) is 11.7 Å². The third-order valence-corrected chi connectivity index (χ3v) is 4.84. The van der Waals surface area contributed by atoms with Gasteiger partial charge in [0.25, 0.3) is 0 Å². The first-order valence-electron chi connectivity index (χ1n) is 8.17. The molecule has 1 aromatic carbocycles. The van der Waals surface area contributed by atoms with Crippen molar-refractivity contribution in [1.82, 2.24) is 0 Å². The van der Waals surface area contributed by atoms with Crippen molar-refractivity contribution in [1.29, 1.82) is 0 Å². The van der Waals surface area contributed by atoms with Crippen molar-refractivity contribution in [3.05, 3.63) is 29.6 Å². The minimum atomic E-state index is -0.716. The maximum atomic E-state index is 14.2. The van der Waals surface area contributed by atoms with Crippen molar-refractivity contribution in [2.75, 3.05) is 7.11 Å². The molecule has 0 saturated heterocycles. The largest absolute Gasteiger partial charge is 0.494 e. The van der Waals surface area contributed by atoms with E-state index in [2.05, 4.69) is 6.92 Å². The molecule has 3 heteroatoms. The molecule has 0 amide bonds. The second-order valence-corrected chi connectivity index (χ2v) is 6.23. The molecule has 21 heavy (non-hydrogen) atoms. The summed E-state index contributed by atoms with van der Waals surface area (Å²) in [7, 11) is 1.45. The number of halogens is 1. The lowest BCUT2D eigenvalue weighted by molar-refractivity contribution is 0.0687. The van der Waals surface area contributed by atoms with E-state index in [1.165, 1.54) is 26.4 Å². The normalized spacial score (nSPS) is 23.8. The van der Waals surface area contributed by atoms with Crippen molar-refractivity contribution < 1.29 is 14.2 Å². The lowest BCUT2D eigenvalue weighted by Gasteiger charge is -2.32. The molecule has 2 nitrogen and oxygen atoms in total. The first-order valence-corrected chi connectivity index (χ1v) is 8.17. The molecule has 1 N–H and O–H groups in total. The SMILES string of the molecule is CCCCC1CCC(C(O)c2cccc(OC)c2F)CC1. The van der Waals surface area contributed by atoms with Crippen molar-refractivity contribution in [2.45, 2.75) is 58.0 Å². The summed E-state index contributed by atoms with van der Waals surface area (Å²) in [5, 5.41) is 10.5. The Bertz CT molecular complexity index is 439. The van der Waals surface area contributed by atoms with Crippen LogP contribution in [0.3, 0.4) is 0 Å². The van der Waals surface area contributed by atoms with E-state index < -0.39 is 11.9 Å². The van der Waals surface area contributed by atoms with Gasteiger partial charge in [-0.15, -0.1) is 0 Å². The summed E-state index contributed by atoms with van der Waals surface area (Å²) in [5.74, 6) is 0.761. The molecule has 1 unspecified atom stereocenters. The van der Waals surface area contributed by atoms with E-state index in [1.807, 2.05) is 0 Å². The molecule has 0 heterocycles. The van der Waals surface area contributed by atoms with Crippen LogP contribution in [0.15, 0.2) is 18.2 Å². The quantitative estimate of drug-likeness (QED) is 0.811. The van der Waals surface area contributed by atoms with Crippen LogP contribution in [-0.2, 0) is 0 Å². The van der Waals surface area contributed by atoms with Gasteiger partial charge in [-0.1, -0.05) is 51.2 Å². The monoisotopic (exact) mass is 294 g/mol. The average Bonchev–Trinajstić information content (AvgIpc) is 2.53. The van der Waals surface area contributed by atoms with Crippen LogP contribution in [0.25, 0.3) is 0 Å². The summed E-state index contributed by atoms with van der Waals surface area (Å²) in [6, 6.07) is 5.01. The van der Waals surface area contributed by atoms with Gasteiger partial charge in [0.05, 0.1) is 13.2 Å². The van der Waals surface area contributed by atoms with Gasteiger partial charge in [-0.3, -0.25) is 0 Å². The Kier molecular flexibility index (Phi) is 6.04. The first-order chi connectivity index (χ1) is 10.2. The number of aliphatic hydroxyl groups excluding tert-OH is 1. The Labute approximate surface area is 127 Å². The topological polar surface area (TPSA) is 29.5 Å². The van der Waals surface area contributed by atoms with E-state index >= 15 is 0 Å². The molecule has 0 aliphatic heterocycles. The Balaban J connectivity index is 1.97. The Morgan fingerprint density at radius 2 is 2.00 bits per heavy atom. The number of methoxy groups -OCH3 is 1. The first kappa shape index (κ1) is 16.3. The molecule has 1 saturated carbocycles. The Hall–Kier alpha value is -1.09. The van der Waals surface area contributed by atoms with E-state index in [1.54, 1.807) is 18.2 Å². The number of unbranched alkanes of at least 4 members (excludes halogenated alkanes) is 1. The zero-order valence-corrected chi connectivity index (χ0v) is 13.1. The summed E-state index contributed by atoms with van der Waals surface area (Å²) >= 11 is 0. The van der Waals surface area contributed by atoms with Crippen LogP contribution in [-0.4, -0.2) is 12.2 Å². The zero-order valence-electron chi connectivity index (χ0n) is 13.1. The molecule has 1 atom stereocenters. The van der Waals surface area contributed by atoms with Crippen LogP contribution >= 0.6 is 0 Å². The molecule has 0 bridgehead atoms. The van der Waals surface area contributed by atoms with E-state index in [4.69, 9.17) is 4.74 Å². The van der Waals surface area contributed by atoms with Crippen molar-refractivity contribution >= 4 is 0 Å². The van der Waals surface area contributed by atoms with Crippen molar-refractivity contribution in [3.8, 4) is 5.75 Å². The van der Waals surface area contributed by atoms with Gasteiger partial charge in [-0.05, 0) is 30.7 Å². The standard InChI is InChI=1S/C18H27FO2/c1-3-4-6-13-9-11-14(12-10-13)18(20)15-7-5-8-16(21-2)17(15)19/h5,7-8,13-14,18,20H,3-4,6,9-12H2,1-2H3. The fraction of sp³-hybridized carbons (Fsp3) is 0.667. The lowest BCUT2D eigenvalue weighted by Crippen LogP contribution is -2.21. The third kappa shape index (κ3) is 3.97. The Morgan fingerprint density at radius 3 is 2.62 bits per heavy atom. The Morgan fingerprint density at radius 1 is 1.29 bits per heavy atom. The number of hydrogen-bond donors (Lipinski definition) is 1. The molecular weight excluding hydrogens is 267 g/mol. The summed E-state index contributed by atoms with van der Waals surface area (Å²) < 4.78 is 19.2.